The molecule has 9 heteroatoms. The summed E-state index contributed by atoms with van der Waals surface area (Å²) in [5.74, 6) is 0.685. The molecule has 0 aliphatic heterocycles. The summed E-state index contributed by atoms with van der Waals surface area (Å²) in [5.41, 5.74) is 0.702. The van der Waals surface area contributed by atoms with E-state index in [0.29, 0.717) is 18.8 Å². The van der Waals surface area contributed by atoms with Gasteiger partial charge in [0.2, 0.25) is 0 Å². The Bertz CT molecular complexity index is 579. The molecule has 0 saturated carbocycles. The van der Waals surface area contributed by atoms with E-state index in [9.17, 15) is 15.2 Å². The minimum atomic E-state index is -0.710. The van der Waals surface area contributed by atoms with Crippen LogP contribution in [0.5, 0.6) is 0 Å². The first-order valence-electron chi connectivity index (χ1n) is 6.02. The smallest absolute Gasteiger partial charge is 0.306 e. The van der Waals surface area contributed by atoms with Crippen LogP contribution in [0, 0.1) is 17.0 Å². The molecule has 0 saturated heterocycles. The summed E-state index contributed by atoms with van der Waals surface area (Å²) in [6, 6.07) is 1.80. The van der Waals surface area contributed by atoms with Gasteiger partial charge in [0, 0.05) is 12.6 Å². The van der Waals surface area contributed by atoms with Crippen molar-refractivity contribution in [3.8, 4) is 0 Å². The van der Waals surface area contributed by atoms with Gasteiger partial charge in [-0.1, -0.05) is 5.16 Å². The highest BCUT2D eigenvalue weighted by Gasteiger charge is 2.12. The Balaban J connectivity index is 1.74. The Morgan fingerprint density at radius 2 is 2.45 bits per heavy atom. The zero-order valence-corrected chi connectivity index (χ0v) is 10.9. The van der Waals surface area contributed by atoms with E-state index >= 15 is 0 Å². The first-order chi connectivity index (χ1) is 9.54. The van der Waals surface area contributed by atoms with Gasteiger partial charge in [0.05, 0.1) is 29.8 Å². The monoisotopic (exact) mass is 281 g/mol. The third-order valence-electron chi connectivity index (χ3n) is 2.58. The molecule has 2 N–H and O–H groups in total. The number of nitro groups is 1. The summed E-state index contributed by atoms with van der Waals surface area (Å²) in [5, 5.41) is 30.8. The number of nitrogens with zero attached hydrogens (tertiary/aromatic N) is 4. The molecule has 0 aliphatic rings. The SMILES string of the molecule is Cc1cc(CNCC(O)Cn2cc([N+](=O)[O-])cn2)on1. The Labute approximate surface area is 114 Å². The molecule has 1 unspecified atom stereocenters. The third kappa shape index (κ3) is 3.87. The van der Waals surface area contributed by atoms with Gasteiger partial charge in [0.1, 0.15) is 12.4 Å². The van der Waals surface area contributed by atoms with Gasteiger partial charge in [0.15, 0.2) is 5.76 Å². The molecule has 2 aromatic rings. The fourth-order valence-corrected chi connectivity index (χ4v) is 1.69. The normalized spacial score (nSPS) is 12.5. The van der Waals surface area contributed by atoms with Crippen molar-refractivity contribution >= 4 is 5.69 Å². The molecule has 0 spiro atoms. The van der Waals surface area contributed by atoms with Crippen LogP contribution in [-0.4, -0.2) is 37.6 Å². The van der Waals surface area contributed by atoms with Gasteiger partial charge in [-0.05, 0) is 6.92 Å². The highest BCUT2D eigenvalue weighted by Crippen LogP contribution is 2.08. The zero-order valence-electron chi connectivity index (χ0n) is 10.9. The predicted molar refractivity (Wildman–Crippen MR) is 67.8 cm³/mol. The second kappa shape index (κ2) is 6.26. The summed E-state index contributed by atoms with van der Waals surface area (Å²) in [4.78, 5) is 9.96. The topological polar surface area (TPSA) is 119 Å². The lowest BCUT2D eigenvalue weighted by Gasteiger charge is -2.10. The molecular weight excluding hydrogens is 266 g/mol. The van der Waals surface area contributed by atoms with E-state index in [1.165, 1.54) is 10.9 Å². The highest BCUT2D eigenvalue weighted by atomic mass is 16.6. The quantitative estimate of drug-likeness (QED) is 0.551. The first-order valence-corrected chi connectivity index (χ1v) is 6.02. The van der Waals surface area contributed by atoms with Gasteiger partial charge in [0.25, 0.3) is 0 Å². The van der Waals surface area contributed by atoms with Crippen molar-refractivity contribution in [2.24, 2.45) is 0 Å². The second-order valence-electron chi connectivity index (χ2n) is 4.40. The molecule has 2 aromatic heterocycles. The van der Waals surface area contributed by atoms with Crippen LogP contribution in [0.2, 0.25) is 0 Å². The number of rotatable bonds is 7. The van der Waals surface area contributed by atoms with E-state index < -0.39 is 11.0 Å². The standard InChI is InChI=1S/C11H15N5O4/c1-8-2-11(20-14-8)5-12-4-10(17)7-15-6-9(3-13-15)16(18)19/h2-3,6,10,12,17H,4-5,7H2,1H3. The van der Waals surface area contributed by atoms with Crippen molar-refractivity contribution in [1.82, 2.24) is 20.3 Å². The van der Waals surface area contributed by atoms with Crippen molar-refractivity contribution in [3.05, 3.63) is 40.0 Å². The molecule has 2 rings (SSSR count). The van der Waals surface area contributed by atoms with E-state index in [1.807, 2.05) is 6.92 Å². The summed E-state index contributed by atoms with van der Waals surface area (Å²) in [6.07, 6.45) is 1.72. The number of aromatic nitrogens is 3. The molecule has 0 fully saturated rings. The number of aliphatic hydroxyl groups excluding tert-OH is 1. The molecule has 2 heterocycles. The summed E-state index contributed by atoms with van der Waals surface area (Å²) in [6.45, 7) is 2.77. The van der Waals surface area contributed by atoms with Crippen LogP contribution in [0.4, 0.5) is 5.69 Å². The van der Waals surface area contributed by atoms with Gasteiger partial charge in [-0.25, -0.2) is 0 Å². The maximum absolute atomic E-state index is 10.5. The first kappa shape index (κ1) is 14.2. The molecule has 108 valence electrons. The molecular formula is C11H15N5O4. The number of aliphatic hydroxyl groups is 1. The summed E-state index contributed by atoms with van der Waals surface area (Å²) >= 11 is 0. The Morgan fingerprint density at radius 1 is 1.65 bits per heavy atom. The molecule has 0 amide bonds. The van der Waals surface area contributed by atoms with E-state index in [2.05, 4.69) is 15.6 Å². The largest absolute Gasteiger partial charge is 0.390 e. The lowest BCUT2D eigenvalue weighted by Crippen LogP contribution is -2.30. The third-order valence-corrected chi connectivity index (χ3v) is 2.58. The van der Waals surface area contributed by atoms with Crippen LogP contribution in [-0.2, 0) is 13.1 Å². The average molecular weight is 281 g/mol. The van der Waals surface area contributed by atoms with Gasteiger partial charge in [-0.3, -0.25) is 14.8 Å². The fraction of sp³-hybridized carbons (Fsp3) is 0.455. The molecule has 20 heavy (non-hydrogen) atoms. The minimum Gasteiger partial charge on any atom is -0.390 e. The zero-order chi connectivity index (χ0) is 14.5. The van der Waals surface area contributed by atoms with Crippen LogP contribution < -0.4 is 5.32 Å². The Hall–Kier alpha value is -2.26. The average Bonchev–Trinajstić information content (AvgIpc) is 2.99. The lowest BCUT2D eigenvalue weighted by molar-refractivity contribution is -0.385. The van der Waals surface area contributed by atoms with Crippen LogP contribution in [0.25, 0.3) is 0 Å². The number of nitrogens with one attached hydrogen (secondary N) is 1. The lowest BCUT2D eigenvalue weighted by atomic mass is 10.3. The Kier molecular flexibility index (Phi) is 4.43. The summed E-state index contributed by atoms with van der Waals surface area (Å²) < 4.78 is 6.34. The van der Waals surface area contributed by atoms with Gasteiger partial charge in [-0.2, -0.15) is 5.10 Å². The van der Waals surface area contributed by atoms with Crippen LogP contribution in [0.1, 0.15) is 11.5 Å². The molecule has 0 bridgehead atoms. The van der Waals surface area contributed by atoms with Crippen molar-refractivity contribution < 1.29 is 14.6 Å². The second-order valence-corrected chi connectivity index (χ2v) is 4.40. The molecule has 9 nitrogen and oxygen atoms in total. The van der Waals surface area contributed by atoms with Gasteiger partial charge in [-0.15, -0.1) is 0 Å². The summed E-state index contributed by atoms with van der Waals surface area (Å²) in [7, 11) is 0. The molecule has 0 aromatic carbocycles. The fourth-order valence-electron chi connectivity index (χ4n) is 1.69. The van der Waals surface area contributed by atoms with Crippen molar-refractivity contribution in [2.75, 3.05) is 6.54 Å². The maximum atomic E-state index is 10.5. The van der Waals surface area contributed by atoms with Crippen LogP contribution >= 0.6 is 0 Å². The van der Waals surface area contributed by atoms with E-state index in [0.717, 1.165) is 11.9 Å². The Morgan fingerprint density at radius 3 is 3.05 bits per heavy atom. The van der Waals surface area contributed by atoms with Crippen molar-refractivity contribution in [3.63, 3.8) is 0 Å². The highest BCUT2D eigenvalue weighted by molar-refractivity contribution is 5.20. The number of hydrogen-bond acceptors (Lipinski definition) is 7. The molecule has 0 aliphatic carbocycles. The van der Waals surface area contributed by atoms with Crippen molar-refractivity contribution in [1.29, 1.82) is 0 Å². The van der Waals surface area contributed by atoms with Gasteiger partial charge < -0.3 is 14.9 Å². The number of aryl methyl sites for hydroxylation is 1. The van der Waals surface area contributed by atoms with Crippen LogP contribution in [0.15, 0.2) is 23.0 Å². The molecule has 0 radical (unpaired) electrons. The minimum absolute atomic E-state index is 0.0951. The maximum Gasteiger partial charge on any atom is 0.306 e. The molecule has 1 atom stereocenters. The van der Waals surface area contributed by atoms with E-state index in [-0.39, 0.29) is 12.2 Å². The number of hydrogen-bond donors (Lipinski definition) is 2. The van der Waals surface area contributed by atoms with E-state index in [4.69, 9.17) is 4.52 Å². The van der Waals surface area contributed by atoms with E-state index in [1.54, 1.807) is 6.07 Å². The van der Waals surface area contributed by atoms with Crippen molar-refractivity contribution in [2.45, 2.75) is 26.1 Å². The van der Waals surface area contributed by atoms with Crippen LogP contribution in [0.3, 0.4) is 0 Å². The van der Waals surface area contributed by atoms with Gasteiger partial charge >= 0.3 is 5.69 Å². The predicted octanol–water partition coefficient (Wildman–Crippen LogP) is 0.238.